The number of piperidine rings is 1. The molecule has 2 aromatic heterocycles. The number of nitrogens with one attached hydrogen (secondary N) is 1. The summed E-state index contributed by atoms with van der Waals surface area (Å²) in [6.07, 6.45) is 7.17. The molecular weight excluding hydrogens is 290 g/mol. The molecule has 1 N–H and O–H groups in total. The number of hydrogen-bond donors (Lipinski definition) is 1. The summed E-state index contributed by atoms with van der Waals surface area (Å²) in [5.74, 6) is 0.634. The number of rotatable bonds is 3. The maximum absolute atomic E-state index is 12.3. The monoisotopic (exact) mass is 309 g/mol. The molecule has 1 aliphatic rings. The van der Waals surface area contributed by atoms with Crippen LogP contribution in [0.1, 0.15) is 24.3 Å². The number of para-hydroxylation sites is 1. The van der Waals surface area contributed by atoms with Crippen molar-refractivity contribution in [3.63, 3.8) is 0 Å². The Morgan fingerprint density at radius 1 is 1.26 bits per heavy atom. The van der Waals surface area contributed by atoms with Crippen LogP contribution >= 0.6 is 0 Å². The molecule has 3 heterocycles. The maximum Gasteiger partial charge on any atom is 0.244 e. The lowest BCUT2D eigenvalue weighted by molar-refractivity contribution is -0.133. The second kappa shape index (κ2) is 5.87. The molecule has 23 heavy (non-hydrogen) atoms. The van der Waals surface area contributed by atoms with Gasteiger partial charge in [-0.1, -0.05) is 18.2 Å². The third-order valence-corrected chi connectivity index (χ3v) is 4.67. The van der Waals surface area contributed by atoms with E-state index in [9.17, 15) is 4.79 Å². The number of amides is 1. The molecule has 1 fully saturated rings. The van der Waals surface area contributed by atoms with Crippen LogP contribution in [0.2, 0.25) is 0 Å². The molecule has 0 aliphatic carbocycles. The summed E-state index contributed by atoms with van der Waals surface area (Å²) in [5.41, 5.74) is 2.57. The zero-order valence-electron chi connectivity index (χ0n) is 12.9. The zero-order valence-corrected chi connectivity index (χ0v) is 12.9. The molecule has 0 radical (unpaired) electrons. The van der Waals surface area contributed by atoms with Crippen LogP contribution < -0.4 is 0 Å². The van der Waals surface area contributed by atoms with Gasteiger partial charge in [-0.3, -0.25) is 4.79 Å². The van der Waals surface area contributed by atoms with Gasteiger partial charge in [0.25, 0.3) is 0 Å². The number of H-pyrrole nitrogens is 1. The quantitative estimate of drug-likeness (QED) is 0.806. The van der Waals surface area contributed by atoms with Crippen molar-refractivity contribution < 1.29 is 4.79 Å². The molecule has 118 valence electrons. The molecule has 0 bridgehead atoms. The number of aromatic nitrogens is 4. The molecule has 6 heteroatoms. The van der Waals surface area contributed by atoms with Crippen molar-refractivity contribution in [2.24, 2.45) is 0 Å². The molecule has 4 rings (SSSR count). The maximum atomic E-state index is 12.3. The highest BCUT2D eigenvalue weighted by atomic mass is 16.2. The highest BCUT2D eigenvalue weighted by Crippen LogP contribution is 2.33. The van der Waals surface area contributed by atoms with Gasteiger partial charge in [0.05, 0.1) is 0 Å². The molecule has 0 spiro atoms. The van der Waals surface area contributed by atoms with Crippen LogP contribution in [-0.4, -0.2) is 43.6 Å². The van der Waals surface area contributed by atoms with Crippen LogP contribution in [0, 0.1) is 0 Å². The molecular formula is C17H19N5O. The van der Waals surface area contributed by atoms with Crippen LogP contribution in [0.5, 0.6) is 0 Å². The summed E-state index contributed by atoms with van der Waals surface area (Å²) < 4.78 is 1.58. The summed E-state index contributed by atoms with van der Waals surface area (Å²) >= 11 is 0. The van der Waals surface area contributed by atoms with Crippen LogP contribution in [0.3, 0.4) is 0 Å². The Morgan fingerprint density at radius 3 is 2.87 bits per heavy atom. The minimum Gasteiger partial charge on any atom is -0.361 e. The van der Waals surface area contributed by atoms with Gasteiger partial charge in [0, 0.05) is 30.2 Å². The van der Waals surface area contributed by atoms with Gasteiger partial charge in [0.15, 0.2) is 0 Å². The molecule has 1 saturated heterocycles. The minimum atomic E-state index is 0.118. The number of carbonyl (C=O) groups excluding carboxylic acids is 1. The van der Waals surface area contributed by atoms with Crippen molar-refractivity contribution in [3.05, 3.63) is 48.7 Å². The number of hydrogen-bond acceptors (Lipinski definition) is 3. The summed E-state index contributed by atoms with van der Waals surface area (Å²) in [5, 5.41) is 5.30. The van der Waals surface area contributed by atoms with Gasteiger partial charge in [-0.2, -0.15) is 5.10 Å². The summed E-state index contributed by atoms with van der Waals surface area (Å²) in [4.78, 5) is 21.5. The van der Waals surface area contributed by atoms with Crippen molar-refractivity contribution in [2.45, 2.75) is 25.3 Å². The van der Waals surface area contributed by atoms with Crippen LogP contribution in [0.25, 0.3) is 10.9 Å². The lowest BCUT2D eigenvalue weighted by atomic mass is 9.89. The van der Waals surface area contributed by atoms with E-state index in [0.717, 1.165) is 25.9 Å². The van der Waals surface area contributed by atoms with Crippen molar-refractivity contribution in [3.8, 4) is 0 Å². The normalized spacial score (nSPS) is 16.1. The molecule has 0 saturated carbocycles. The SMILES string of the molecule is O=C(Cn1cncn1)N1CCC(c2c[nH]c3ccccc23)CC1. The Bertz CT molecular complexity index is 799. The molecule has 3 aromatic rings. The number of nitrogens with zero attached hydrogens (tertiary/aromatic N) is 4. The van der Waals surface area contributed by atoms with Gasteiger partial charge in [-0.05, 0) is 30.4 Å². The van der Waals surface area contributed by atoms with E-state index in [0.29, 0.717) is 5.92 Å². The number of likely N-dealkylation sites (tertiary alicyclic amines) is 1. The van der Waals surface area contributed by atoms with Gasteiger partial charge >= 0.3 is 0 Å². The average Bonchev–Trinajstić information content (AvgIpc) is 3.24. The van der Waals surface area contributed by atoms with Gasteiger partial charge < -0.3 is 9.88 Å². The first-order valence-corrected chi connectivity index (χ1v) is 7.97. The minimum absolute atomic E-state index is 0.118. The van der Waals surface area contributed by atoms with E-state index in [4.69, 9.17) is 0 Å². The highest BCUT2D eigenvalue weighted by molar-refractivity contribution is 5.83. The Balaban J connectivity index is 1.42. The highest BCUT2D eigenvalue weighted by Gasteiger charge is 2.25. The van der Waals surface area contributed by atoms with E-state index in [1.165, 1.54) is 22.8 Å². The van der Waals surface area contributed by atoms with Gasteiger partial charge in [-0.15, -0.1) is 0 Å². The lowest BCUT2D eigenvalue weighted by Crippen LogP contribution is -2.39. The number of benzene rings is 1. The molecule has 1 aromatic carbocycles. The summed E-state index contributed by atoms with van der Waals surface area (Å²) in [6.45, 7) is 1.88. The Morgan fingerprint density at radius 2 is 2.09 bits per heavy atom. The third-order valence-electron chi connectivity index (χ3n) is 4.67. The number of aromatic amines is 1. The largest absolute Gasteiger partial charge is 0.361 e. The van der Waals surface area contributed by atoms with E-state index < -0.39 is 0 Å². The summed E-state index contributed by atoms with van der Waals surface area (Å²) in [6, 6.07) is 8.41. The first kappa shape index (κ1) is 14.0. The molecule has 0 atom stereocenters. The fourth-order valence-corrected chi connectivity index (χ4v) is 3.42. The molecule has 6 nitrogen and oxygen atoms in total. The second-order valence-corrected chi connectivity index (χ2v) is 6.04. The fourth-order valence-electron chi connectivity index (χ4n) is 3.42. The van der Waals surface area contributed by atoms with Crippen LogP contribution in [-0.2, 0) is 11.3 Å². The van der Waals surface area contributed by atoms with E-state index in [2.05, 4.69) is 39.5 Å². The van der Waals surface area contributed by atoms with Crippen molar-refractivity contribution in [2.75, 3.05) is 13.1 Å². The van der Waals surface area contributed by atoms with E-state index in [-0.39, 0.29) is 12.5 Å². The number of carbonyl (C=O) groups is 1. The van der Waals surface area contributed by atoms with Crippen molar-refractivity contribution in [1.29, 1.82) is 0 Å². The molecule has 1 amide bonds. The Hall–Kier alpha value is -2.63. The van der Waals surface area contributed by atoms with E-state index in [1.807, 2.05) is 11.0 Å². The lowest BCUT2D eigenvalue weighted by Gasteiger charge is -2.32. The molecule has 1 aliphatic heterocycles. The van der Waals surface area contributed by atoms with Gasteiger partial charge in [-0.25, -0.2) is 9.67 Å². The van der Waals surface area contributed by atoms with Crippen molar-refractivity contribution in [1.82, 2.24) is 24.6 Å². The topological polar surface area (TPSA) is 66.8 Å². The van der Waals surface area contributed by atoms with Crippen LogP contribution in [0.15, 0.2) is 43.1 Å². The predicted molar refractivity (Wildman–Crippen MR) is 86.9 cm³/mol. The summed E-state index contributed by atoms with van der Waals surface area (Å²) in [7, 11) is 0. The zero-order chi connectivity index (χ0) is 15.6. The Kier molecular flexibility index (Phi) is 3.57. The molecule has 0 unspecified atom stereocenters. The fraction of sp³-hybridized carbons (Fsp3) is 0.353. The first-order chi connectivity index (χ1) is 11.3. The standard InChI is InChI=1S/C17H19N5O/c23-17(10-22-12-18-11-20-22)21-7-5-13(6-8-21)15-9-19-16-4-2-1-3-14(15)16/h1-4,9,11-13,19H,5-8,10H2. The first-order valence-electron chi connectivity index (χ1n) is 7.97. The smallest absolute Gasteiger partial charge is 0.244 e. The second-order valence-electron chi connectivity index (χ2n) is 6.04. The average molecular weight is 309 g/mol. The third kappa shape index (κ3) is 2.72. The van der Waals surface area contributed by atoms with E-state index in [1.54, 1.807) is 11.0 Å². The van der Waals surface area contributed by atoms with Gasteiger partial charge in [0.1, 0.15) is 19.2 Å². The van der Waals surface area contributed by atoms with Crippen molar-refractivity contribution >= 4 is 16.8 Å². The predicted octanol–water partition coefficient (Wildman–Crippen LogP) is 2.17. The van der Waals surface area contributed by atoms with Gasteiger partial charge in [0.2, 0.25) is 5.91 Å². The number of fused-ring (bicyclic) bond motifs is 1. The Labute approximate surface area is 134 Å². The van der Waals surface area contributed by atoms with E-state index >= 15 is 0 Å². The van der Waals surface area contributed by atoms with Crippen LogP contribution in [0.4, 0.5) is 0 Å².